The van der Waals surface area contributed by atoms with Crippen molar-refractivity contribution in [2.24, 2.45) is 23.7 Å². The molecule has 0 radical (unpaired) electrons. The van der Waals surface area contributed by atoms with E-state index >= 15 is 0 Å². The van der Waals surface area contributed by atoms with Gasteiger partial charge in [-0.3, -0.25) is 9.59 Å². The summed E-state index contributed by atoms with van der Waals surface area (Å²) in [6.07, 6.45) is 6.78. The number of hydrogen-bond acceptors (Lipinski definition) is 5. The first-order chi connectivity index (χ1) is 11.4. The van der Waals surface area contributed by atoms with Gasteiger partial charge in [0.25, 0.3) is 0 Å². The third-order valence-electron chi connectivity index (χ3n) is 6.67. The summed E-state index contributed by atoms with van der Waals surface area (Å²) >= 11 is 0. The number of ether oxygens (including phenoxy) is 3. The summed E-state index contributed by atoms with van der Waals surface area (Å²) in [6, 6.07) is 0. The fraction of sp³-hybridized carbons (Fsp3) is 0.789. The Kier molecular flexibility index (Phi) is 3.57. The highest BCUT2D eigenvalue weighted by Crippen LogP contribution is 2.69. The number of carbonyl (C=O) groups is 2. The van der Waals surface area contributed by atoms with Gasteiger partial charge in [0.15, 0.2) is 0 Å². The van der Waals surface area contributed by atoms with Gasteiger partial charge in [0.1, 0.15) is 11.2 Å². The van der Waals surface area contributed by atoms with Crippen molar-refractivity contribution in [1.82, 2.24) is 0 Å². The molecule has 3 aliphatic carbocycles. The molecule has 1 heterocycles. The summed E-state index contributed by atoms with van der Waals surface area (Å²) in [7, 11) is 0. The van der Waals surface area contributed by atoms with Crippen molar-refractivity contribution in [3.05, 3.63) is 12.7 Å². The summed E-state index contributed by atoms with van der Waals surface area (Å²) in [5, 5.41) is 0. The van der Waals surface area contributed by atoms with E-state index in [1.54, 1.807) is 0 Å². The zero-order chi connectivity index (χ0) is 17.1. The van der Waals surface area contributed by atoms with Gasteiger partial charge in [-0.2, -0.15) is 0 Å². The molecular formula is C19H26O5. The second-order valence-corrected chi connectivity index (χ2v) is 8.13. The average molecular weight is 334 g/mol. The Bertz CT molecular complexity index is 586. The lowest BCUT2D eigenvalue weighted by molar-refractivity contribution is -0.217. The van der Waals surface area contributed by atoms with Crippen LogP contribution in [-0.4, -0.2) is 29.4 Å². The van der Waals surface area contributed by atoms with Crippen LogP contribution in [0.2, 0.25) is 0 Å². The van der Waals surface area contributed by atoms with Gasteiger partial charge in [0.05, 0.1) is 6.42 Å². The first-order valence-corrected chi connectivity index (χ1v) is 9.04. The quantitative estimate of drug-likeness (QED) is 0.584. The predicted octanol–water partition coefficient (Wildman–Crippen LogP) is 2.98. The van der Waals surface area contributed by atoms with E-state index in [1.807, 2.05) is 6.08 Å². The van der Waals surface area contributed by atoms with Crippen LogP contribution in [0.15, 0.2) is 12.7 Å². The SMILES string of the molecule is C=CC[C@@H]1C[C@]2(OC(C)=O)C[C@@H](OC(C)=O)O[C@@]23C[C@H]2C[C@H]2C[C@H]13. The Morgan fingerprint density at radius 3 is 2.62 bits per heavy atom. The summed E-state index contributed by atoms with van der Waals surface area (Å²) in [6.45, 7) is 6.75. The lowest BCUT2D eigenvalue weighted by Crippen LogP contribution is -2.54. The number of fused-ring (bicyclic) bond motifs is 1. The summed E-state index contributed by atoms with van der Waals surface area (Å²) in [4.78, 5) is 23.3. The molecule has 4 fully saturated rings. The van der Waals surface area contributed by atoms with E-state index in [1.165, 1.54) is 20.3 Å². The van der Waals surface area contributed by atoms with Gasteiger partial charge in [0, 0.05) is 13.8 Å². The van der Waals surface area contributed by atoms with Crippen molar-refractivity contribution in [1.29, 1.82) is 0 Å². The number of allylic oxidation sites excluding steroid dienone is 1. The maximum atomic E-state index is 11.9. The van der Waals surface area contributed by atoms with Gasteiger partial charge in [-0.15, -0.1) is 6.58 Å². The highest BCUT2D eigenvalue weighted by atomic mass is 16.7. The van der Waals surface area contributed by atoms with Gasteiger partial charge in [0.2, 0.25) is 6.29 Å². The van der Waals surface area contributed by atoms with Crippen molar-refractivity contribution in [3.8, 4) is 0 Å². The molecule has 4 aliphatic rings. The lowest BCUT2D eigenvalue weighted by atomic mass is 9.70. The van der Waals surface area contributed by atoms with E-state index in [-0.39, 0.29) is 11.9 Å². The minimum Gasteiger partial charge on any atom is -0.456 e. The average Bonchev–Trinajstić information content (AvgIpc) is 3.09. The van der Waals surface area contributed by atoms with Crippen molar-refractivity contribution in [2.45, 2.75) is 69.9 Å². The molecule has 0 aromatic carbocycles. The second-order valence-electron chi connectivity index (χ2n) is 8.13. The van der Waals surface area contributed by atoms with Crippen LogP contribution < -0.4 is 0 Å². The van der Waals surface area contributed by atoms with Crippen molar-refractivity contribution >= 4 is 11.9 Å². The maximum absolute atomic E-state index is 11.9. The molecule has 3 saturated carbocycles. The summed E-state index contributed by atoms with van der Waals surface area (Å²) in [5.41, 5.74) is -1.16. The Morgan fingerprint density at radius 1 is 1.17 bits per heavy atom. The molecule has 132 valence electrons. The topological polar surface area (TPSA) is 61.8 Å². The molecule has 0 aromatic rings. The second kappa shape index (κ2) is 5.32. The number of carbonyl (C=O) groups excluding carboxylic acids is 2. The number of esters is 2. The van der Waals surface area contributed by atoms with Gasteiger partial charge in [-0.05, 0) is 55.8 Å². The molecule has 24 heavy (non-hydrogen) atoms. The Balaban J connectivity index is 1.71. The molecule has 0 N–H and O–H groups in total. The third-order valence-corrected chi connectivity index (χ3v) is 6.67. The first kappa shape index (κ1) is 16.1. The molecule has 5 heteroatoms. The van der Waals surface area contributed by atoms with Crippen LogP contribution in [0, 0.1) is 23.7 Å². The van der Waals surface area contributed by atoms with Gasteiger partial charge in [-0.1, -0.05) is 6.08 Å². The van der Waals surface area contributed by atoms with Crippen molar-refractivity contribution in [3.63, 3.8) is 0 Å². The Hall–Kier alpha value is -1.36. The standard InChI is InChI=1S/C19H26O5/c1-4-5-13-8-18(23-12(3)21)10-17(22-11(2)20)24-19(18)9-15-6-14(15)7-16(13)19/h4,13-17H,1,5-10H2,2-3H3/t13-,14+,15-,16-,17+,18+,19-/m1/s1. The molecular weight excluding hydrogens is 308 g/mol. The molecule has 1 spiro atoms. The number of rotatable bonds is 4. The smallest absolute Gasteiger partial charge is 0.304 e. The highest BCUT2D eigenvalue weighted by molar-refractivity contribution is 5.67. The van der Waals surface area contributed by atoms with E-state index in [4.69, 9.17) is 14.2 Å². The van der Waals surface area contributed by atoms with Gasteiger partial charge >= 0.3 is 11.9 Å². The molecule has 4 rings (SSSR count). The van der Waals surface area contributed by atoms with E-state index < -0.39 is 17.5 Å². The zero-order valence-corrected chi connectivity index (χ0v) is 14.5. The van der Waals surface area contributed by atoms with Gasteiger partial charge in [-0.25, -0.2) is 0 Å². The predicted molar refractivity (Wildman–Crippen MR) is 85.7 cm³/mol. The molecule has 0 aromatic heterocycles. The van der Waals surface area contributed by atoms with Crippen LogP contribution in [0.25, 0.3) is 0 Å². The van der Waals surface area contributed by atoms with Crippen LogP contribution in [0.5, 0.6) is 0 Å². The summed E-state index contributed by atoms with van der Waals surface area (Å²) < 4.78 is 17.7. The zero-order valence-electron chi connectivity index (χ0n) is 14.5. The van der Waals surface area contributed by atoms with E-state index in [9.17, 15) is 9.59 Å². The summed E-state index contributed by atoms with van der Waals surface area (Å²) in [5.74, 6) is 1.58. The van der Waals surface area contributed by atoms with Crippen molar-refractivity contribution in [2.75, 3.05) is 0 Å². The van der Waals surface area contributed by atoms with Crippen LogP contribution in [0.3, 0.4) is 0 Å². The van der Waals surface area contributed by atoms with Crippen molar-refractivity contribution < 1.29 is 23.8 Å². The maximum Gasteiger partial charge on any atom is 0.304 e. The first-order valence-electron chi connectivity index (χ1n) is 9.04. The molecule has 0 unspecified atom stereocenters. The van der Waals surface area contributed by atoms with E-state index in [2.05, 4.69) is 6.58 Å². The monoisotopic (exact) mass is 334 g/mol. The Labute approximate surface area is 142 Å². The van der Waals surface area contributed by atoms with Crippen LogP contribution in [0.1, 0.15) is 52.4 Å². The minimum absolute atomic E-state index is 0.280. The minimum atomic E-state index is -0.662. The van der Waals surface area contributed by atoms with Gasteiger partial charge < -0.3 is 14.2 Å². The molecule has 0 bridgehead atoms. The fourth-order valence-corrected chi connectivity index (χ4v) is 5.94. The van der Waals surface area contributed by atoms with Crippen LogP contribution in [0.4, 0.5) is 0 Å². The van der Waals surface area contributed by atoms with Crippen LogP contribution in [-0.2, 0) is 23.8 Å². The normalized spacial score (nSPS) is 48.0. The molecule has 0 amide bonds. The third kappa shape index (κ3) is 2.24. The molecule has 7 atom stereocenters. The van der Waals surface area contributed by atoms with Crippen LogP contribution >= 0.6 is 0 Å². The molecule has 5 nitrogen and oxygen atoms in total. The van der Waals surface area contributed by atoms with E-state index in [0.29, 0.717) is 24.2 Å². The highest BCUT2D eigenvalue weighted by Gasteiger charge is 2.75. The number of hydrogen-bond donors (Lipinski definition) is 0. The fourth-order valence-electron chi connectivity index (χ4n) is 5.94. The molecule has 1 aliphatic heterocycles. The molecule has 1 saturated heterocycles. The van der Waals surface area contributed by atoms with E-state index in [0.717, 1.165) is 31.6 Å². The lowest BCUT2D eigenvalue weighted by Gasteiger charge is -2.44. The Morgan fingerprint density at radius 2 is 1.96 bits per heavy atom. The largest absolute Gasteiger partial charge is 0.456 e.